The number of rotatable bonds is 3. The number of hydrogen-bond donors (Lipinski definition) is 2. The molecule has 0 aliphatic rings. The third-order valence-electron chi connectivity index (χ3n) is 2.42. The summed E-state index contributed by atoms with van der Waals surface area (Å²) in [6, 6.07) is -0.703. The van der Waals surface area contributed by atoms with Crippen LogP contribution in [-0.2, 0) is 23.6 Å². The van der Waals surface area contributed by atoms with Crippen molar-refractivity contribution in [1.82, 2.24) is 0 Å². The number of aliphatic carboxylic acids is 1. The van der Waals surface area contributed by atoms with Gasteiger partial charge in [-0.25, -0.2) is 0 Å². The van der Waals surface area contributed by atoms with E-state index in [4.69, 9.17) is 10.8 Å². The van der Waals surface area contributed by atoms with Gasteiger partial charge in [-0.15, -0.1) is 0 Å². The first kappa shape index (κ1) is 16.3. The maximum absolute atomic E-state index is 12.5. The third kappa shape index (κ3) is 4.12. The molecule has 1 rings (SSSR count). The fourth-order valence-corrected chi connectivity index (χ4v) is 1.48. The molecule has 20 heavy (non-hydrogen) atoms. The topological polar surface area (TPSA) is 63.3 Å². The molecule has 1 aromatic carbocycles. The number of alkyl halides is 6. The lowest BCUT2D eigenvalue weighted by Gasteiger charge is -2.15. The smallest absolute Gasteiger partial charge is 0.416 e. The molecule has 0 bridgehead atoms. The summed E-state index contributed by atoms with van der Waals surface area (Å²) in [5.41, 5.74) is 1.66. The van der Waals surface area contributed by atoms with Gasteiger partial charge in [0, 0.05) is 0 Å². The van der Waals surface area contributed by atoms with Crippen molar-refractivity contribution in [3.8, 4) is 0 Å². The number of halogens is 6. The van der Waals surface area contributed by atoms with Crippen molar-refractivity contribution in [2.24, 2.45) is 5.73 Å². The van der Waals surface area contributed by atoms with Crippen molar-refractivity contribution in [3.63, 3.8) is 0 Å². The van der Waals surface area contributed by atoms with Crippen LogP contribution in [0.2, 0.25) is 0 Å². The van der Waals surface area contributed by atoms with E-state index < -0.39 is 47.5 Å². The minimum atomic E-state index is -4.97. The van der Waals surface area contributed by atoms with Crippen LogP contribution >= 0.6 is 0 Å². The maximum Gasteiger partial charge on any atom is 0.416 e. The van der Waals surface area contributed by atoms with E-state index in [9.17, 15) is 31.1 Å². The van der Waals surface area contributed by atoms with Gasteiger partial charge in [-0.2, -0.15) is 26.3 Å². The summed E-state index contributed by atoms with van der Waals surface area (Å²) < 4.78 is 75.1. The van der Waals surface area contributed by atoms with Crippen LogP contribution in [0.15, 0.2) is 18.2 Å². The summed E-state index contributed by atoms with van der Waals surface area (Å²) in [6.45, 7) is 0. The van der Waals surface area contributed by atoms with Gasteiger partial charge in [-0.3, -0.25) is 4.79 Å². The van der Waals surface area contributed by atoms with Gasteiger partial charge < -0.3 is 10.8 Å². The fourth-order valence-electron chi connectivity index (χ4n) is 1.48. The Kier molecular flexibility index (Phi) is 4.33. The van der Waals surface area contributed by atoms with Crippen molar-refractivity contribution in [3.05, 3.63) is 34.9 Å². The van der Waals surface area contributed by atoms with E-state index in [1.807, 2.05) is 0 Å². The molecule has 0 heterocycles. The van der Waals surface area contributed by atoms with E-state index in [1.54, 1.807) is 0 Å². The highest BCUT2D eigenvalue weighted by Gasteiger charge is 2.37. The number of hydrogen-bond acceptors (Lipinski definition) is 2. The second-order valence-corrected chi connectivity index (χ2v) is 4.06. The lowest BCUT2D eigenvalue weighted by Crippen LogP contribution is -2.32. The predicted molar refractivity (Wildman–Crippen MR) is 55.8 cm³/mol. The van der Waals surface area contributed by atoms with Crippen LogP contribution in [0.5, 0.6) is 0 Å². The molecule has 0 saturated heterocycles. The van der Waals surface area contributed by atoms with Crippen LogP contribution in [0.4, 0.5) is 26.3 Å². The molecule has 0 aromatic heterocycles. The average Bonchev–Trinajstić information content (AvgIpc) is 2.26. The zero-order valence-electron chi connectivity index (χ0n) is 9.72. The Labute approximate surface area is 109 Å². The summed E-state index contributed by atoms with van der Waals surface area (Å²) in [4.78, 5) is 10.5. The second-order valence-electron chi connectivity index (χ2n) is 4.06. The highest BCUT2D eigenvalue weighted by atomic mass is 19.4. The zero-order chi connectivity index (χ0) is 15.7. The average molecular weight is 301 g/mol. The van der Waals surface area contributed by atoms with Crippen LogP contribution in [0.25, 0.3) is 0 Å². The van der Waals surface area contributed by atoms with Gasteiger partial charge >= 0.3 is 18.3 Å². The van der Waals surface area contributed by atoms with Gasteiger partial charge in [0.25, 0.3) is 0 Å². The van der Waals surface area contributed by atoms with E-state index in [0.717, 1.165) is 0 Å². The van der Waals surface area contributed by atoms with Crippen LogP contribution in [0, 0.1) is 0 Å². The first-order valence-electron chi connectivity index (χ1n) is 5.18. The highest BCUT2D eigenvalue weighted by Crippen LogP contribution is 2.36. The van der Waals surface area contributed by atoms with Gasteiger partial charge in [0.15, 0.2) is 0 Å². The molecule has 1 unspecified atom stereocenters. The Hall–Kier alpha value is -1.77. The van der Waals surface area contributed by atoms with Crippen molar-refractivity contribution < 1.29 is 36.2 Å². The summed E-state index contributed by atoms with van der Waals surface area (Å²) in [7, 11) is 0. The molecule has 0 radical (unpaired) electrons. The second kappa shape index (κ2) is 5.31. The number of carboxylic acid groups (broad SMARTS) is 1. The number of benzene rings is 1. The monoisotopic (exact) mass is 301 g/mol. The predicted octanol–water partition coefficient (Wildman–Crippen LogP) is 2.68. The minimum Gasteiger partial charge on any atom is -0.480 e. The van der Waals surface area contributed by atoms with Crippen molar-refractivity contribution >= 4 is 5.97 Å². The standard InChI is InChI=1S/C11H9F6NO2/c12-10(13,14)6-1-5(3-8(18)9(19)20)2-7(4-6)11(15,16)17/h1-2,4,8H,3,18H2,(H,19,20). The Morgan fingerprint density at radius 2 is 1.45 bits per heavy atom. The minimum absolute atomic E-state index is 0.0320. The van der Waals surface area contributed by atoms with E-state index >= 15 is 0 Å². The van der Waals surface area contributed by atoms with Crippen LogP contribution in [0.3, 0.4) is 0 Å². The zero-order valence-corrected chi connectivity index (χ0v) is 9.72. The molecule has 9 heteroatoms. The lowest BCUT2D eigenvalue weighted by atomic mass is 10.00. The normalized spacial score (nSPS) is 14.2. The van der Waals surface area contributed by atoms with Gasteiger partial charge in [0.2, 0.25) is 0 Å². The molecular formula is C11H9F6NO2. The van der Waals surface area contributed by atoms with E-state index in [2.05, 4.69) is 0 Å². The number of carbonyl (C=O) groups is 1. The van der Waals surface area contributed by atoms with Crippen LogP contribution < -0.4 is 5.73 Å². The van der Waals surface area contributed by atoms with Crippen molar-refractivity contribution in [1.29, 1.82) is 0 Å². The van der Waals surface area contributed by atoms with Gasteiger partial charge in [-0.1, -0.05) is 0 Å². The molecule has 112 valence electrons. The Morgan fingerprint density at radius 3 is 1.75 bits per heavy atom. The molecule has 1 atom stereocenters. The number of nitrogens with two attached hydrogens (primary N) is 1. The van der Waals surface area contributed by atoms with Crippen LogP contribution in [-0.4, -0.2) is 17.1 Å². The highest BCUT2D eigenvalue weighted by molar-refractivity contribution is 5.73. The molecule has 1 aromatic rings. The molecule has 0 saturated carbocycles. The van der Waals surface area contributed by atoms with Crippen LogP contribution in [0.1, 0.15) is 16.7 Å². The first-order chi connectivity index (χ1) is 8.91. The van der Waals surface area contributed by atoms with E-state index in [-0.39, 0.29) is 6.07 Å². The molecule has 0 spiro atoms. The SMILES string of the molecule is NC(Cc1cc(C(F)(F)F)cc(C(F)(F)F)c1)C(=O)O. The van der Waals surface area contributed by atoms with Gasteiger partial charge in [0.1, 0.15) is 6.04 Å². The van der Waals surface area contributed by atoms with E-state index in [0.29, 0.717) is 12.1 Å². The number of carboxylic acids is 1. The molecule has 3 N–H and O–H groups in total. The molecule has 3 nitrogen and oxygen atoms in total. The molecule has 0 fully saturated rings. The molecule has 0 aliphatic heterocycles. The summed E-state index contributed by atoms with van der Waals surface area (Å²) in [6.07, 6.45) is -10.6. The lowest BCUT2D eigenvalue weighted by molar-refractivity contribution is -0.143. The summed E-state index contributed by atoms with van der Waals surface area (Å²) in [5.74, 6) is -1.52. The Morgan fingerprint density at radius 1 is 1.05 bits per heavy atom. The van der Waals surface area contributed by atoms with E-state index in [1.165, 1.54) is 0 Å². The molecular weight excluding hydrogens is 292 g/mol. The van der Waals surface area contributed by atoms with Crippen molar-refractivity contribution in [2.45, 2.75) is 24.8 Å². The summed E-state index contributed by atoms with van der Waals surface area (Å²) in [5, 5.41) is 8.53. The fraction of sp³-hybridized carbons (Fsp3) is 0.364. The maximum atomic E-state index is 12.5. The molecule has 0 aliphatic carbocycles. The summed E-state index contributed by atoms with van der Waals surface area (Å²) >= 11 is 0. The Bertz CT molecular complexity index is 476. The van der Waals surface area contributed by atoms with Crippen molar-refractivity contribution in [2.75, 3.05) is 0 Å². The third-order valence-corrected chi connectivity index (χ3v) is 2.42. The molecule has 0 amide bonds. The quantitative estimate of drug-likeness (QED) is 0.844. The Balaban J connectivity index is 3.28. The first-order valence-corrected chi connectivity index (χ1v) is 5.18. The van der Waals surface area contributed by atoms with Gasteiger partial charge in [0.05, 0.1) is 11.1 Å². The largest absolute Gasteiger partial charge is 0.480 e. The van der Waals surface area contributed by atoms with Gasteiger partial charge in [-0.05, 0) is 30.2 Å².